The molecule has 0 aliphatic heterocycles. The summed E-state index contributed by atoms with van der Waals surface area (Å²) in [6.07, 6.45) is 0.00307. The molecule has 0 radical (unpaired) electrons. The first-order valence-corrected chi connectivity index (χ1v) is 7.97. The van der Waals surface area contributed by atoms with E-state index in [1.807, 2.05) is 49.4 Å². The van der Waals surface area contributed by atoms with Gasteiger partial charge in [-0.15, -0.1) is 0 Å². The van der Waals surface area contributed by atoms with Crippen LogP contribution in [0, 0.1) is 0 Å². The van der Waals surface area contributed by atoms with Gasteiger partial charge >= 0.3 is 0 Å². The number of rotatable bonds is 6. The maximum atomic E-state index is 5.92. The van der Waals surface area contributed by atoms with Gasteiger partial charge in [0.1, 0.15) is 6.10 Å². The Kier molecular flexibility index (Phi) is 4.44. The molecule has 114 valence electrons. The second-order valence-electron chi connectivity index (χ2n) is 4.95. The Morgan fingerprint density at radius 2 is 1.82 bits per heavy atom. The monoisotopic (exact) mass is 314 g/mol. The Hall–Kier alpha value is -2.27. The van der Waals surface area contributed by atoms with Crippen LogP contribution in [0.2, 0.25) is 0 Å². The number of hydrogen-bond acceptors (Lipinski definition) is 5. The second kappa shape index (κ2) is 6.66. The molecule has 1 atom stereocenters. The zero-order chi connectivity index (χ0) is 15.4. The molecule has 1 heterocycles. The minimum absolute atomic E-state index is 0.00307. The van der Waals surface area contributed by atoms with Crippen molar-refractivity contribution in [1.82, 2.24) is 4.98 Å². The van der Waals surface area contributed by atoms with Crippen LogP contribution in [0.25, 0.3) is 10.2 Å². The minimum Gasteiger partial charge on any atom is -0.493 e. The Bertz CT molecular complexity index is 724. The third-order valence-corrected chi connectivity index (χ3v) is 4.23. The van der Waals surface area contributed by atoms with Crippen LogP contribution >= 0.6 is 11.3 Å². The van der Waals surface area contributed by atoms with Crippen LogP contribution in [0.1, 0.15) is 6.92 Å². The van der Waals surface area contributed by atoms with Crippen LogP contribution in [0.3, 0.4) is 0 Å². The first-order chi connectivity index (χ1) is 10.8. The number of benzene rings is 2. The van der Waals surface area contributed by atoms with Crippen molar-refractivity contribution in [3.8, 4) is 11.5 Å². The lowest BCUT2D eigenvalue weighted by Gasteiger charge is -2.17. The summed E-state index contributed by atoms with van der Waals surface area (Å²) >= 11 is 1.65. The van der Waals surface area contributed by atoms with Crippen LogP contribution in [0.4, 0.5) is 5.13 Å². The van der Waals surface area contributed by atoms with Gasteiger partial charge in [-0.1, -0.05) is 35.6 Å². The number of fused-ring (bicyclic) bond motifs is 1. The fourth-order valence-corrected chi connectivity index (χ4v) is 3.03. The first kappa shape index (κ1) is 14.7. The van der Waals surface area contributed by atoms with Gasteiger partial charge in [-0.2, -0.15) is 0 Å². The highest BCUT2D eigenvalue weighted by molar-refractivity contribution is 7.22. The van der Waals surface area contributed by atoms with Crippen LogP contribution < -0.4 is 14.8 Å². The fraction of sp³-hybridized carbons (Fsp3) is 0.235. The number of ether oxygens (including phenoxy) is 2. The molecule has 4 nitrogen and oxygen atoms in total. The largest absolute Gasteiger partial charge is 0.493 e. The third-order valence-electron chi connectivity index (χ3n) is 3.23. The van der Waals surface area contributed by atoms with E-state index in [0.717, 1.165) is 22.1 Å². The van der Waals surface area contributed by atoms with Gasteiger partial charge in [0, 0.05) is 0 Å². The molecule has 22 heavy (non-hydrogen) atoms. The van der Waals surface area contributed by atoms with Crippen molar-refractivity contribution in [3.05, 3.63) is 48.5 Å². The lowest BCUT2D eigenvalue weighted by atomic mass is 10.3. The van der Waals surface area contributed by atoms with Gasteiger partial charge in [0.05, 0.1) is 23.9 Å². The zero-order valence-electron chi connectivity index (χ0n) is 12.6. The van der Waals surface area contributed by atoms with Gasteiger partial charge in [-0.25, -0.2) is 4.98 Å². The molecule has 1 unspecified atom stereocenters. The summed E-state index contributed by atoms with van der Waals surface area (Å²) in [6.45, 7) is 2.70. The van der Waals surface area contributed by atoms with Crippen molar-refractivity contribution in [1.29, 1.82) is 0 Å². The molecule has 3 rings (SSSR count). The molecule has 1 aromatic heterocycles. The average molecular weight is 314 g/mol. The number of thiazole rings is 1. The van der Waals surface area contributed by atoms with Crippen LogP contribution in [-0.2, 0) is 0 Å². The molecule has 0 amide bonds. The molecule has 5 heteroatoms. The SMILES string of the molecule is COc1ccccc1OC(C)CNc1nc2ccccc2s1. The predicted octanol–water partition coefficient (Wildman–Crippen LogP) is 4.18. The molecule has 0 saturated heterocycles. The number of anilines is 1. The molecular weight excluding hydrogens is 296 g/mol. The topological polar surface area (TPSA) is 43.4 Å². The molecule has 0 spiro atoms. The Balaban J connectivity index is 1.61. The molecule has 3 aromatic rings. The highest BCUT2D eigenvalue weighted by Crippen LogP contribution is 2.28. The molecule has 0 aliphatic carbocycles. The summed E-state index contributed by atoms with van der Waals surface area (Å²) in [5, 5.41) is 4.25. The summed E-state index contributed by atoms with van der Waals surface area (Å²) in [5.74, 6) is 1.50. The maximum Gasteiger partial charge on any atom is 0.183 e. The predicted molar refractivity (Wildman–Crippen MR) is 91.2 cm³/mol. The minimum atomic E-state index is 0.00307. The number of methoxy groups -OCH3 is 1. The van der Waals surface area contributed by atoms with E-state index in [-0.39, 0.29) is 6.10 Å². The summed E-state index contributed by atoms with van der Waals surface area (Å²) in [4.78, 5) is 4.55. The van der Waals surface area contributed by atoms with Crippen LogP contribution in [0.15, 0.2) is 48.5 Å². The van der Waals surface area contributed by atoms with E-state index in [9.17, 15) is 0 Å². The quantitative estimate of drug-likeness (QED) is 0.741. The third kappa shape index (κ3) is 3.31. The van der Waals surface area contributed by atoms with Crippen molar-refractivity contribution in [3.63, 3.8) is 0 Å². The van der Waals surface area contributed by atoms with E-state index in [4.69, 9.17) is 9.47 Å². The van der Waals surface area contributed by atoms with E-state index in [0.29, 0.717) is 6.54 Å². The molecule has 2 aromatic carbocycles. The molecule has 0 fully saturated rings. The zero-order valence-corrected chi connectivity index (χ0v) is 13.4. The Morgan fingerprint density at radius 3 is 2.59 bits per heavy atom. The number of hydrogen-bond donors (Lipinski definition) is 1. The first-order valence-electron chi connectivity index (χ1n) is 7.15. The summed E-state index contributed by atoms with van der Waals surface area (Å²) < 4.78 is 12.4. The van der Waals surface area contributed by atoms with Crippen molar-refractivity contribution < 1.29 is 9.47 Å². The average Bonchev–Trinajstić information content (AvgIpc) is 2.96. The van der Waals surface area contributed by atoms with Gasteiger partial charge in [0.15, 0.2) is 16.6 Å². The Labute approximate surface area is 133 Å². The lowest BCUT2D eigenvalue weighted by Crippen LogP contribution is -2.22. The number of nitrogens with zero attached hydrogens (tertiary/aromatic N) is 1. The van der Waals surface area contributed by atoms with E-state index >= 15 is 0 Å². The standard InChI is InChI=1S/C17H18N2O2S/c1-12(21-15-9-5-4-8-14(15)20-2)11-18-17-19-13-7-3-6-10-16(13)22-17/h3-10,12H,11H2,1-2H3,(H,18,19). The van der Waals surface area contributed by atoms with Crippen molar-refractivity contribution in [2.45, 2.75) is 13.0 Å². The second-order valence-corrected chi connectivity index (χ2v) is 5.98. The van der Waals surface area contributed by atoms with Crippen molar-refractivity contribution in [2.75, 3.05) is 19.0 Å². The van der Waals surface area contributed by atoms with Crippen LogP contribution in [-0.4, -0.2) is 24.7 Å². The van der Waals surface area contributed by atoms with Crippen molar-refractivity contribution >= 4 is 26.7 Å². The van der Waals surface area contributed by atoms with E-state index < -0.39 is 0 Å². The van der Waals surface area contributed by atoms with Crippen molar-refractivity contribution in [2.24, 2.45) is 0 Å². The van der Waals surface area contributed by atoms with Gasteiger partial charge in [0.25, 0.3) is 0 Å². The maximum absolute atomic E-state index is 5.92. The summed E-state index contributed by atoms with van der Waals surface area (Å²) in [5.41, 5.74) is 1.02. The van der Waals surface area contributed by atoms with Gasteiger partial charge in [-0.3, -0.25) is 0 Å². The molecule has 0 aliphatic rings. The molecule has 0 saturated carbocycles. The van der Waals surface area contributed by atoms with Gasteiger partial charge in [-0.05, 0) is 31.2 Å². The number of para-hydroxylation sites is 3. The van der Waals surface area contributed by atoms with Gasteiger partial charge in [0.2, 0.25) is 0 Å². The fourth-order valence-electron chi connectivity index (χ4n) is 2.15. The number of nitrogens with one attached hydrogen (secondary N) is 1. The molecule has 0 bridgehead atoms. The molecular formula is C17H18N2O2S. The highest BCUT2D eigenvalue weighted by Gasteiger charge is 2.09. The summed E-state index contributed by atoms with van der Waals surface area (Å²) in [6, 6.07) is 15.8. The number of aromatic nitrogens is 1. The Morgan fingerprint density at radius 1 is 1.09 bits per heavy atom. The normalized spacial score (nSPS) is 12.1. The van der Waals surface area contributed by atoms with Crippen LogP contribution in [0.5, 0.6) is 11.5 Å². The van der Waals surface area contributed by atoms with E-state index in [2.05, 4.69) is 16.4 Å². The summed E-state index contributed by atoms with van der Waals surface area (Å²) in [7, 11) is 1.65. The highest BCUT2D eigenvalue weighted by atomic mass is 32.1. The molecule has 1 N–H and O–H groups in total. The van der Waals surface area contributed by atoms with E-state index in [1.54, 1.807) is 18.4 Å². The van der Waals surface area contributed by atoms with Gasteiger partial charge < -0.3 is 14.8 Å². The smallest absolute Gasteiger partial charge is 0.183 e. The lowest BCUT2D eigenvalue weighted by molar-refractivity contribution is 0.223. The van der Waals surface area contributed by atoms with E-state index in [1.165, 1.54) is 4.70 Å².